The molecule has 154 valence electrons. The fourth-order valence-corrected chi connectivity index (χ4v) is 3.79. The van der Waals surface area contributed by atoms with Crippen molar-refractivity contribution in [1.82, 2.24) is 4.90 Å². The molecule has 0 bridgehead atoms. The largest absolute Gasteiger partial charge is 0.490 e. The van der Waals surface area contributed by atoms with E-state index in [2.05, 4.69) is 27.8 Å². The van der Waals surface area contributed by atoms with Gasteiger partial charge in [-0.25, -0.2) is 0 Å². The van der Waals surface area contributed by atoms with Crippen molar-refractivity contribution >= 4 is 68.1 Å². The van der Waals surface area contributed by atoms with E-state index in [0.717, 1.165) is 22.2 Å². The summed E-state index contributed by atoms with van der Waals surface area (Å²) in [7, 11) is 0. The predicted octanol–water partition coefficient (Wildman–Crippen LogP) is 5.34. The van der Waals surface area contributed by atoms with Crippen LogP contribution in [0.25, 0.3) is 6.08 Å². The second-order valence-corrected chi connectivity index (χ2v) is 8.37. The van der Waals surface area contributed by atoms with Gasteiger partial charge in [-0.3, -0.25) is 19.3 Å². The highest BCUT2D eigenvalue weighted by atomic mass is 79.9. The number of carbonyl (C=O) groups excluding carboxylic acids is 3. The Hall–Kier alpha value is -2.55. The van der Waals surface area contributed by atoms with Crippen molar-refractivity contribution < 1.29 is 19.1 Å². The zero-order chi connectivity index (χ0) is 21.7. The van der Waals surface area contributed by atoms with Crippen molar-refractivity contribution in [2.75, 3.05) is 18.5 Å². The molecule has 6 nitrogen and oxygen atoms in total. The SMILES string of the molecule is C=CCOc1ccc(/C=C2/SC(=O)N(CC(=O)Nc3ccc(Br)c(Cl)c3)C2=O)cc1. The number of carbonyl (C=O) groups is 3. The highest BCUT2D eigenvalue weighted by molar-refractivity contribution is 9.10. The van der Waals surface area contributed by atoms with Crippen molar-refractivity contribution in [1.29, 1.82) is 0 Å². The molecule has 0 radical (unpaired) electrons. The molecule has 30 heavy (non-hydrogen) atoms. The molecule has 1 heterocycles. The molecule has 1 fully saturated rings. The van der Waals surface area contributed by atoms with E-state index in [1.807, 2.05) is 0 Å². The normalized spacial score (nSPS) is 14.9. The summed E-state index contributed by atoms with van der Waals surface area (Å²) in [6, 6.07) is 12.0. The van der Waals surface area contributed by atoms with Crippen molar-refractivity contribution in [2.45, 2.75) is 0 Å². The molecule has 0 aromatic heterocycles. The molecule has 0 saturated carbocycles. The molecule has 0 spiro atoms. The molecular formula is C21H16BrClN2O4S. The summed E-state index contributed by atoms with van der Waals surface area (Å²) in [4.78, 5) is 38.3. The van der Waals surface area contributed by atoms with E-state index >= 15 is 0 Å². The summed E-state index contributed by atoms with van der Waals surface area (Å²) in [6.45, 7) is 3.60. The number of benzene rings is 2. The average molecular weight is 508 g/mol. The van der Waals surface area contributed by atoms with E-state index in [4.69, 9.17) is 16.3 Å². The average Bonchev–Trinajstić information content (AvgIpc) is 2.97. The highest BCUT2D eigenvalue weighted by Gasteiger charge is 2.36. The third kappa shape index (κ3) is 5.53. The number of nitrogens with zero attached hydrogens (tertiary/aromatic N) is 1. The Balaban J connectivity index is 1.65. The van der Waals surface area contributed by atoms with Gasteiger partial charge in [0.25, 0.3) is 11.1 Å². The first kappa shape index (κ1) is 22.1. The molecule has 1 aliphatic heterocycles. The molecule has 1 N–H and O–H groups in total. The Labute approximate surface area is 191 Å². The molecule has 1 saturated heterocycles. The monoisotopic (exact) mass is 506 g/mol. The van der Waals surface area contributed by atoms with Crippen molar-refractivity contribution in [3.05, 3.63) is 75.1 Å². The van der Waals surface area contributed by atoms with Crippen LogP contribution in [-0.2, 0) is 9.59 Å². The lowest BCUT2D eigenvalue weighted by molar-refractivity contribution is -0.127. The molecule has 2 aromatic rings. The number of rotatable bonds is 7. The molecule has 9 heteroatoms. The standard InChI is InChI=1S/C21H16BrClN2O4S/c1-2-9-29-15-6-3-13(4-7-15)10-18-20(27)25(21(28)30-18)12-19(26)24-14-5-8-16(22)17(23)11-14/h2-8,10-11H,1,9,12H2,(H,24,26)/b18-10+. The summed E-state index contributed by atoms with van der Waals surface area (Å²) in [5.74, 6) is -0.341. The van der Waals surface area contributed by atoms with E-state index in [-0.39, 0.29) is 11.4 Å². The maximum absolute atomic E-state index is 12.6. The minimum Gasteiger partial charge on any atom is -0.490 e. The van der Waals surface area contributed by atoms with Crippen LogP contribution >= 0.6 is 39.3 Å². The number of hydrogen-bond acceptors (Lipinski definition) is 5. The predicted molar refractivity (Wildman–Crippen MR) is 123 cm³/mol. The van der Waals surface area contributed by atoms with Gasteiger partial charge in [0.1, 0.15) is 18.9 Å². The van der Waals surface area contributed by atoms with E-state index in [9.17, 15) is 14.4 Å². The van der Waals surface area contributed by atoms with Crippen LogP contribution in [0.5, 0.6) is 5.75 Å². The number of nitrogens with one attached hydrogen (secondary N) is 1. The molecule has 1 aliphatic rings. The Morgan fingerprint density at radius 2 is 1.97 bits per heavy atom. The van der Waals surface area contributed by atoms with Gasteiger partial charge in [0.15, 0.2) is 0 Å². The third-order valence-corrected chi connectivity index (χ3v) is 6.06. The number of anilines is 1. The Kier molecular flexibility index (Phi) is 7.36. The highest BCUT2D eigenvalue weighted by Crippen LogP contribution is 2.32. The zero-order valence-corrected chi connectivity index (χ0v) is 18.7. The summed E-state index contributed by atoms with van der Waals surface area (Å²) in [5, 5.41) is 2.56. The van der Waals surface area contributed by atoms with Crippen LogP contribution in [0.15, 0.2) is 64.5 Å². The van der Waals surface area contributed by atoms with Crippen LogP contribution in [0.3, 0.4) is 0 Å². The van der Waals surface area contributed by atoms with Gasteiger partial charge >= 0.3 is 0 Å². The second-order valence-electron chi connectivity index (χ2n) is 6.11. The van der Waals surface area contributed by atoms with Gasteiger partial charge in [-0.2, -0.15) is 0 Å². The van der Waals surface area contributed by atoms with Gasteiger partial charge in [0, 0.05) is 10.2 Å². The quantitative estimate of drug-likeness (QED) is 0.404. The molecule has 0 atom stereocenters. The van der Waals surface area contributed by atoms with Gasteiger partial charge in [-0.05, 0) is 69.7 Å². The van der Waals surface area contributed by atoms with Gasteiger partial charge in [0.2, 0.25) is 5.91 Å². The maximum atomic E-state index is 12.6. The molecule has 0 unspecified atom stereocenters. The fourth-order valence-electron chi connectivity index (χ4n) is 2.52. The first-order valence-electron chi connectivity index (χ1n) is 8.71. The van der Waals surface area contributed by atoms with E-state index in [0.29, 0.717) is 27.5 Å². The maximum Gasteiger partial charge on any atom is 0.294 e. The Bertz CT molecular complexity index is 1040. The van der Waals surface area contributed by atoms with Gasteiger partial charge < -0.3 is 10.1 Å². The van der Waals surface area contributed by atoms with Crippen LogP contribution in [0.4, 0.5) is 10.5 Å². The fraction of sp³-hybridized carbons (Fsp3) is 0.0952. The molecule has 3 amide bonds. The third-order valence-electron chi connectivity index (χ3n) is 3.92. The van der Waals surface area contributed by atoms with Crippen LogP contribution < -0.4 is 10.1 Å². The number of hydrogen-bond donors (Lipinski definition) is 1. The molecular weight excluding hydrogens is 492 g/mol. The molecule has 3 rings (SSSR count). The van der Waals surface area contributed by atoms with Crippen molar-refractivity contribution in [2.24, 2.45) is 0 Å². The summed E-state index contributed by atoms with van der Waals surface area (Å²) in [5.41, 5.74) is 1.20. The summed E-state index contributed by atoms with van der Waals surface area (Å²) < 4.78 is 6.11. The molecule has 0 aliphatic carbocycles. The van der Waals surface area contributed by atoms with E-state index < -0.39 is 17.1 Å². The number of amides is 3. The lowest BCUT2D eigenvalue weighted by Crippen LogP contribution is -2.36. The lowest BCUT2D eigenvalue weighted by Gasteiger charge is -2.12. The van der Waals surface area contributed by atoms with E-state index in [1.54, 1.807) is 54.6 Å². The number of halogens is 2. The van der Waals surface area contributed by atoms with Crippen LogP contribution in [-0.4, -0.2) is 35.1 Å². The minimum atomic E-state index is -0.513. The summed E-state index contributed by atoms with van der Waals surface area (Å²) in [6.07, 6.45) is 3.25. The van der Waals surface area contributed by atoms with Crippen LogP contribution in [0.1, 0.15) is 5.56 Å². The zero-order valence-electron chi connectivity index (χ0n) is 15.6. The van der Waals surface area contributed by atoms with Crippen molar-refractivity contribution in [3.8, 4) is 5.75 Å². The summed E-state index contributed by atoms with van der Waals surface area (Å²) >= 11 is 10.1. The molecule has 2 aromatic carbocycles. The van der Waals surface area contributed by atoms with Crippen LogP contribution in [0, 0.1) is 0 Å². The topological polar surface area (TPSA) is 75.7 Å². The number of ether oxygens (including phenoxy) is 1. The van der Waals surface area contributed by atoms with Crippen LogP contribution in [0.2, 0.25) is 5.02 Å². The number of thioether (sulfide) groups is 1. The van der Waals surface area contributed by atoms with E-state index in [1.165, 1.54) is 0 Å². The first-order chi connectivity index (χ1) is 14.4. The van der Waals surface area contributed by atoms with Gasteiger partial charge in [-0.15, -0.1) is 0 Å². The lowest BCUT2D eigenvalue weighted by atomic mass is 10.2. The number of imide groups is 1. The smallest absolute Gasteiger partial charge is 0.294 e. The van der Waals surface area contributed by atoms with Crippen molar-refractivity contribution in [3.63, 3.8) is 0 Å². The van der Waals surface area contributed by atoms with Gasteiger partial charge in [-0.1, -0.05) is 36.4 Å². The van der Waals surface area contributed by atoms with Gasteiger partial charge in [0.05, 0.1) is 9.93 Å². The first-order valence-corrected chi connectivity index (χ1v) is 10.7. The Morgan fingerprint density at radius 1 is 1.23 bits per heavy atom. The minimum absolute atomic E-state index is 0.249. The Morgan fingerprint density at radius 3 is 2.63 bits per heavy atom. The second kappa shape index (κ2) is 9.97.